The largest absolute Gasteiger partial charge is 0.488 e. The van der Waals surface area contributed by atoms with Gasteiger partial charge in [0.05, 0.1) is 11.6 Å². The minimum absolute atomic E-state index is 0.412. The van der Waals surface area contributed by atoms with Gasteiger partial charge in [0, 0.05) is 4.48 Å². The number of rotatable bonds is 3. The van der Waals surface area contributed by atoms with Crippen molar-refractivity contribution < 1.29 is 4.74 Å². The summed E-state index contributed by atoms with van der Waals surface area (Å²) < 4.78 is 6.09. The Morgan fingerprint density at radius 1 is 1.62 bits per heavy atom. The van der Waals surface area contributed by atoms with E-state index in [1.165, 1.54) is 0 Å². The zero-order valence-corrected chi connectivity index (χ0v) is 8.54. The maximum atomic E-state index is 8.61. The Morgan fingerprint density at radius 2 is 2.38 bits per heavy atom. The molecule has 66 valence electrons. The molecule has 0 unspecified atom stereocenters. The molecule has 0 radical (unpaired) electrons. The highest BCUT2D eigenvalue weighted by atomic mass is 79.9. The van der Waals surface area contributed by atoms with Crippen molar-refractivity contribution in [2.75, 3.05) is 6.61 Å². The number of halogens is 1. The molecule has 0 fully saturated rings. The number of nitriles is 1. The second-order valence-corrected chi connectivity index (χ2v) is 3.57. The lowest BCUT2D eigenvalue weighted by molar-refractivity contribution is 0.361. The van der Waals surface area contributed by atoms with Crippen LogP contribution in [0.3, 0.4) is 0 Å². The molecule has 0 aliphatic carbocycles. The molecular weight excluding hydrogens is 230 g/mol. The standard InChI is InChI=1S/C10H8BrNO/c1-8(11)7-13-10-4-2-3-9(5-10)6-12/h2-5H,1,7H2. The summed E-state index contributed by atoms with van der Waals surface area (Å²) in [5, 5.41) is 8.61. The third-order valence-corrected chi connectivity index (χ3v) is 1.59. The minimum Gasteiger partial charge on any atom is -0.488 e. The van der Waals surface area contributed by atoms with Crippen LogP contribution in [0, 0.1) is 11.3 Å². The van der Waals surface area contributed by atoms with Crippen LogP contribution >= 0.6 is 15.9 Å². The Morgan fingerprint density at radius 3 is 3.00 bits per heavy atom. The lowest BCUT2D eigenvalue weighted by atomic mass is 10.2. The smallest absolute Gasteiger partial charge is 0.121 e. The molecule has 0 N–H and O–H groups in total. The summed E-state index contributed by atoms with van der Waals surface area (Å²) in [6, 6.07) is 9.05. The molecule has 1 aromatic rings. The van der Waals surface area contributed by atoms with Crippen LogP contribution in [0.25, 0.3) is 0 Å². The summed E-state index contributed by atoms with van der Waals surface area (Å²) in [6.07, 6.45) is 0. The number of nitrogens with zero attached hydrogens (tertiary/aromatic N) is 1. The van der Waals surface area contributed by atoms with Gasteiger partial charge in [-0.25, -0.2) is 0 Å². The average molecular weight is 238 g/mol. The molecule has 0 spiro atoms. The van der Waals surface area contributed by atoms with Crippen molar-refractivity contribution in [1.29, 1.82) is 5.26 Å². The molecule has 0 saturated carbocycles. The van der Waals surface area contributed by atoms with Crippen LogP contribution in [-0.2, 0) is 0 Å². The van der Waals surface area contributed by atoms with Gasteiger partial charge < -0.3 is 4.74 Å². The maximum Gasteiger partial charge on any atom is 0.121 e. The van der Waals surface area contributed by atoms with Crippen molar-refractivity contribution in [2.24, 2.45) is 0 Å². The van der Waals surface area contributed by atoms with E-state index < -0.39 is 0 Å². The van der Waals surface area contributed by atoms with Crippen molar-refractivity contribution in [2.45, 2.75) is 0 Å². The van der Waals surface area contributed by atoms with Crippen molar-refractivity contribution in [3.63, 3.8) is 0 Å². The van der Waals surface area contributed by atoms with Gasteiger partial charge in [0.1, 0.15) is 12.4 Å². The zero-order chi connectivity index (χ0) is 9.68. The highest BCUT2D eigenvalue weighted by Crippen LogP contribution is 2.14. The van der Waals surface area contributed by atoms with E-state index in [-0.39, 0.29) is 0 Å². The van der Waals surface area contributed by atoms with Crippen LogP contribution in [-0.4, -0.2) is 6.61 Å². The summed E-state index contributed by atoms with van der Waals surface area (Å²) in [6.45, 7) is 4.05. The van der Waals surface area contributed by atoms with Crippen LogP contribution in [0.4, 0.5) is 0 Å². The predicted molar refractivity (Wildman–Crippen MR) is 54.7 cm³/mol. The Balaban J connectivity index is 2.68. The van der Waals surface area contributed by atoms with Crippen LogP contribution in [0.2, 0.25) is 0 Å². The van der Waals surface area contributed by atoms with Crippen molar-refractivity contribution in [3.8, 4) is 11.8 Å². The monoisotopic (exact) mass is 237 g/mol. The quantitative estimate of drug-likeness (QED) is 0.811. The first-order valence-electron chi connectivity index (χ1n) is 3.68. The topological polar surface area (TPSA) is 33.0 Å². The number of ether oxygens (including phenoxy) is 1. The molecular formula is C10H8BrNO. The molecule has 1 aromatic carbocycles. The van der Waals surface area contributed by atoms with Gasteiger partial charge in [-0.15, -0.1) is 0 Å². The predicted octanol–water partition coefficient (Wildman–Crippen LogP) is 2.85. The highest BCUT2D eigenvalue weighted by Gasteiger charge is 1.95. The summed E-state index contributed by atoms with van der Waals surface area (Å²) in [7, 11) is 0. The Kier molecular flexibility index (Phi) is 3.53. The molecule has 13 heavy (non-hydrogen) atoms. The van der Waals surface area contributed by atoms with Crippen LogP contribution in [0.5, 0.6) is 5.75 Å². The fourth-order valence-electron chi connectivity index (χ4n) is 0.817. The van der Waals surface area contributed by atoms with Gasteiger partial charge >= 0.3 is 0 Å². The third kappa shape index (κ3) is 3.30. The molecule has 0 heterocycles. The molecule has 1 rings (SSSR count). The zero-order valence-electron chi connectivity index (χ0n) is 6.96. The molecule has 0 saturated heterocycles. The molecule has 0 atom stereocenters. The van der Waals surface area contributed by atoms with E-state index in [0.29, 0.717) is 17.9 Å². The van der Waals surface area contributed by atoms with Gasteiger partial charge in [-0.1, -0.05) is 28.6 Å². The minimum atomic E-state index is 0.412. The fraction of sp³-hybridized carbons (Fsp3) is 0.100. The number of hydrogen-bond donors (Lipinski definition) is 0. The van der Waals surface area contributed by atoms with E-state index >= 15 is 0 Å². The molecule has 0 aromatic heterocycles. The number of benzene rings is 1. The van der Waals surface area contributed by atoms with Crippen LogP contribution in [0.1, 0.15) is 5.56 Å². The van der Waals surface area contributed by atoms with Gasteiger partial charge in [0.15, 0.2) is 0 Å². The van der Waals surface area contributed by atoms with Gasteiger partial charge in [0.25, 0.3) is 0 Å². The van der Waals surface area contributed by atoms with Gasteiger partial charge in [-0.05, 0) is 18.2 Å². The first-order valence-corrected chi connectivity index (χ1v) is 4.48. The van der Waals surface area contributed by atoms with Crippen molar-refractivity contribution in [3.05, 3.63) is 40.9 Å². The summed E-state index contributed by atoms with van der Waals surface area (Å²) >= 11 is 3.18. The van der Waals surface area contributed by atoms with E-state index in [4.69, 9.17) is 10.00 Å². The second-order valence-electron chi connectivity index (χ2n) is 2.45. The van der Waals surface area contributed by atoms with Gasteiger partial charge in [-0.2, -0.15) is 5.26 Å². The Labute approximate surface area is 85.6 Å². The SMILES string of the molecule is C=C(Br)COc1cccc(C#N)c1. The lowest BCUT2D eigenvalue weighted by Crippen LogP contribution is -1.95. The fourth-order valence-corrected chi connectivity index (χ4v) is 0.932. The molecule has 0 bridgehead atoms. The third-order valence-electron chi connectivity index (χ3n) is 1.36. The summed E-state index contributed by atoms with van der Waals surface area (Å²) in [5.74, 6) is 0.680. The summed E-state index contributed by atoms with van der Waals surface area (Å²) in [4.78, 5) is 0. The molecule has 2 nitrogen and oxygen atoms in total. The van der Waals surface area contributed by atoms with Gasteiger partial charge in [-0.3, -0.25) is 0 Å². The van der Waals surface area contributed by atoms with E-state index in [2.05, 4.69) is 22.5 Å². The van der Waals surface area contributed by atoms with E-state index in [1.807, 2.05) is 6.07 Å². The highest BCUT2D eigenvalue weighted by molar-refractivity contribution is 9.11. The van der Waals surface area contributed by atoms with Crippen LogP contribution in [0.15, 0.2) is 35.3 Å². The first-order chi connectivity index (χ1) is 6.22. The van der Waals surface area contributed by atoms with E-state index in [1.54, 1.807) is 24.3 Å². The second kappa shape index (κ2) is 4.68. The molecule has 0 amide bonds. The molecule has 0 aliphatic heterocycles. The van der Waals surface area contributed by atoms with E-state index in [9.17, 15) is 0 Å². The first kappa shape index (κ1) is 9.82. The molecule has 3 heteroatoms. The number of hydrogen-bond acceptors (Lipinski definition) is 2. The van der Waals surface area contributed by atoms with Crippen molar-refractivity contribution in [1.82, 2.24) is 0 Å². The van der Waals surface area contributed by atoms with Crippen LogP contribution < -0.4 is 4.74 Å². The molecule has 0 aliphatic rings. The van der Waals surface area contributed by atoms with Crippen molar-refractivity contribution >= 4 is 15.9 Å². The average Bonchev–Trinajstić information content (AvgIpc) is 2.15. The van der Waals surface area contributed by atoms with Gasteiger partial charge in [0.2, 0.25) is 0 Å². The lowest BCUT2D eigenvalue weighted by Gasteiger charge is -2.03. The summed E-state index contributed by atoms with van der Waals surface area (Å²) in [5.41, 5.74) is 0.595. The normalized spacial score (nSPS) is 8.92. The maximum absolute atomic E-state index is 8.61. The Hall–Kier alpha value is -1.27. The Bertz CT molecular complexity index is 354. The van der Waals surface area contributed by atoms with E-state index in [0.717, 1.165) is 4.48 Å².